The molecule has 1 aliphatic carbocycles. The van der Waals surface area contributed by atoms with Crippen molar-refractivity contribution in [2.75, 3.05) is 12.5 Å². The van der Waals surface area contributed by atoms with Gasteiger partial charge in [-0.3, -0.25) is 4.79 Å². The molecular formula is C17H24ClNO2. The van der Waals surface area contributed by atoms with Gasteiger partial charge in [0.15, 0.2) is 0 Å². The standard InChI is InChI=1S/C17H24ClNO2/c1-14-6-5-10-17(12-14,13-18)19-16(20)9-11-21-15-7-3-2-4-8-15/h2-4,7-8,14H,5-6,9-13H2,1H3,(H,19,20). The normalized spacial score (nSPS) is 25.3. The summed E-state index contributed by atoms with van der Waals surface area (Å²) in [6.07, 6.45) is 4.68. The zero-order chi connectivity index (χ0) is 15.1. The summed E-state index contributed by atoms with van der Waals surface area (Å²) in [5.74, 6) is 1.94. The minimum atomic E-state index is -0.219. The maximum atomic E-state index is 12.1. The van der Waals surface area contributed by atoms with Crippen LogP contribution in [-0.2, 0) is 4.79 Å². The summed E-state index contributed by atoms with van der Waals surface area (Å²) in [6, 6.07) is 9.55. The van der Waals surface area contributed by atoms with Gasteiger partial charge in [0.1, 0.15) is 5.75 Å². The predicted molar refractivity (Wildman–Crippen MR) is 85.8 cm³/mol. The highest BCUT2D eigenvalue weighted by molar-refractivity contribution is 6.18. The number of benzene rings is 1. The summed E-state index contributed by atoms with van der Waals surface area (Å²) in [6.45, 7) is 2.62. The molecule has 1 amide bonds. The zero-order valence-electron chi connectivity index (χ0n) is 12.6. The molecule has 4 heteroatoms. The van der Waals surface area contributed by atoms with Crippen molar-refractivity contribution in [3.05, 3.63) is 30.3 Å². The molecule has 1 aromatic rings. The third-order valence-corrected chi connectivity index (χ3v) is 4.60. The Kier molecular flexibility index (Phi) is 5.92. The Morgan fingerprint density at radius 1 is 1.43 bits per heavy atom. The molecule has 1 N–H and O–H groups in total. The van der Waals surface area contributed by atoms with Crippen LogP contribution in [0.4, 0.5) is 0 Å². The predicted octanol–water partition coefficient (Wildman–Crippen LogP) is 3.76. The van der Waals surface area contributed by atoms with Gasteiger partial charge >= 0.3 is 0 Å². The van der Waals surface area contributed by atoms with Crippen LogP contribution in [0.2, 0.25) is 0 Å². The molecule has 116 valence electrons. The summed E-state index contributed by atoms with van der Waals surface area (Å²) in [5.41, 5.74) is -0.219. The van der Waals surface area contributed by atoms with Gasteiger partial charge in [0, 0.05) is 5.88 Å². The summed E-state index contributed by atoms with van der Waals surface area (Å²) in [7, 11) is 0. The van der Waals surface area contributed by atoms with Crippen molar-refractivity contribution >= 4 is 17.5 Å². The number of hydrogen-bond donors (Lipinski definition) is 1. The first-order chi connectivity index (χ1) is 10.1. The average Bonchev–Trinajstić information content (AvgIpc) is 2.48. The van der Waals surface area contributed by atoms with E-state index in [1.165, 1.54) is 6.42 Å². The van der Waals surface area contributed by atoms with Crippen molar-refractivity contribution in [2.45, 2.75) is 44.6 Å². The van der Waals surface area contributed by atoms with E-state index < -0.39 is 0 Å². The summed E-state index contributed by atoms with van der Waals surface area (Å²) < 4.78 is 5.56. The van der Waals surface area contributed by atoms with Gasteiger partial charge in [-0.05, 0) is 30.9 Å². The fraction of sp³-hybridized carbons (Fsp3) is 0.588. The van der Waals surface area contributed by atoms with Crippen molar-refractivity contribution in [1.29, 1.82) is 0 Å². The van der Waals surface area contributed by atoms with E-state index in [9.17, 15) is 4.79 Å². The number of alkyl halides is 1. The first-order valence-corrected chi connectivity index (χ1v) is 8.22. The number of amides is 1. The van der Waals surface area contributed by atoms with Crippen LogP contribution in [0.5, 0.6) is 5.75 Å². The molecule has 3 nitrogen and oxygen atoms in total. The molecule has 21 heavy (non-hydrogen) atoms. The van der Waals surface area contributed by atoms with Gasteiger partial charge < -0.3 is 10.1 Å². The van der Waals surface area contributed by atoms with Gasteiger partial charge in [0.2, 0.25) is 5.91 Å². The number of halogens is 1. The third kappa shape index (κ3) is 4.92. The highest BCUT2D eigenvalue weighted by atomic mass is 35.5. The molecule has 0 radical (unpaired) electrons. The SMILES string of the molecule is CC1CCCC(CCl)(NC(=O)CCOc2ccccc2)C1. The van der Waals surface area contributed by atoms with Crippen LogP contribution in [0.3, 0.4) is 0 Å². The lowest BCUT2D eigenvalue weighted by Gasteiger charge is -2.39. The van der Waals surface area contributed by atoms with Crippen LogP contribution in [0.15, 0.2) is 30.3 Å². The third-order valence-electron chi connectivity index (χ3n) is 4.09. The van der Waals surface area contributed by atoms with Gasteiger partial charge in [0.25, 0.3) is 0 Å². The number of hydrogen-bond acceptors (Lipinski definition) is 2. The Hall–Kier alpha value is -1.22. The van der Waals surface area contributed by atoms with Gasteiger partial charge in [-0.25, -0.2) is 0 Å². The van der Waals surface area contributed by atoms with Crippen LogP contribution in [0, 0.1) is 5.92 Å². The molecule has 0 heterocycles. The van der Waals surface area contributed by atoms with Crippen LogP contribution in [-0.4, -0.2) is 23.9 Å². The van der Waals surface area contributed by atoms with E-state index in [1.54, 1.807) is 0 Å². The fourth-order valence-electron chi connectivity index (χ4n) is 3.06. The maximum Gasteiger partial charge on any atom is 0.223 e. The number of nitrogens with one attached hydrogen (secondary N) is 1. The molecule has 2 rings (SSSR count). The number of para-hydroxylation sites is 1. The first-order valence-electron chi connectivity index (χ1n) is 7.68. The van der Waals surface area contributed by atoms with Crippen LogP contribution >= 0.6 is 11.6 Å². The largest absolute Gasteiger partial charge is 0.493 e. The molecule has 1 saturated carbocycles. The van der Waals surface area contributed by atoms with Crippen molar-refractivity contribution < 1.29 is 9.53 Å². The molecule has 2 unspecified atom stereocenters. The molecular weight excluding hydrogens is 286 g/mol. The molecule has 2 atom stereocenters. The van der Waals surface area contributed by atoms with E-state index in [-0.39, 0.29) is 11.4 Å². The van der Waals surface area contributed by atoms with E-state index >= 15 is 0 Å². The molecule has 0 aromatic heterocycles. The highest BCUT2D eigenvalue weighted by Crippen LogP contribution is 2.33. The van der Waals surface area contributed by atoms with Gasteiger partial charge in [-0.2, -0.15) is 0 Å². The summed E-state index contributed by atoms with van der Waals surface area (Å²) in [5, 5.41) is 3.15. The molecule has 1 aliphatic rings. The molecule has 0 bridgehead atoms. The fourth-order valence-corrected chi connectivity index (χ4v) is 3.37. The van der Waals surface area contributed by atoms with Crippen molar-refractivity contribution in [3.63, 3.8) is 0 Å². The second-order valence-electron chi connectivity index (χ2n) is 6.08. The van der Waals surface area contributed by atoms with Gasteiger partial charge in [-0.1, -0.05) is 38.0 Å². The quantitative estimate of drug-likeness (QED) is 0.813. The molecule has 1 fully saturated rings. The maximum absolute atomic E-state index is 12.1. The second kappa shape index (κ2) is 7.69. The number of ether oxygens (including phenoxy) is 1. The van der Waals surface area contributed by atoms with Gasteiger partial charge in [0.05, 0.1) is 18.6 Å². The zero-order valence-corrected chi connectivity index (χ0v) is 13.4. The minimum absolute atomic E-state index is 0.0284. The van der Waals surface area contributed by atoms with E-state index in [0.29, 0.717) is 24.8 Å². The van der Waals surface area contributed by atoms with E-state index in [0.717, 1.165) is 25.0 Å². The highest BCUT2D eigenvalue weighted by Gasteiger charge is 2.35. The Balaban J connectivity index is 1.77. The van der Waals surface area contributed by atoms with E-state index in [1.807, 2.05) is 30.3 Å². The van der Waals surface area contributed by atoms with E-state index in [4.69, 9.17) is 16.3 Å². The van der Waals surface area contributed by atoms with Crippen LogP contribution in [0.25, 0.3) is 0 Å². The Bertz CT molecular complexity index is 451. The van der Waals surface area contributed by atoms with E-state index in [2.05, 4.69) is 12.2 Å². The average molecular weight is 310 g/mol. The number of carbonyl (C=O) groups excluding carboxylic acids is 1. The van der Waals surface area contributed by atoms with Crippen molar-refractivity contribution in [1.82, 2.24) is 5.32 Å². The molecule has 0 aliphatic heterocycles. The van der Waals surface area contributed by atoms with Crippen LogP contribution < -0.4 is 10.1 Å². The minimum Gasteiger partial charge on any atom is -0.493 e. The second-order valence-corrected chi connectivity index (χ2v) is 6.34. The Morgan fingerprint density at radius 3 is 2.86 bits per heavy atom. The number of carbonyl (C=O) groups is 1. The smallest absolute Gasteiger partial charge is 0.223 e. The summed E-state index contributed by atoms with van der Waals surface area (Å²) >= 11 is 6.13. The lowest BCUT2D eigenvalue weighted by molar-refractivity contribution is -0.123. The molecule has 1 aromatic carbocycles. The monoisotopic (exact) mass is 309 g/mol. The lowest BCUT2D eigenvalue weighted by Crippen LogP contribution is -2.52. The molecule has 0 spiro atoms. The van der Waals surface area contributed by atoms with Crippen molar-refractivity contribution in [2.24, 2.45) is 5.92 Å². The van der Waals surface area contributed by atoms with Crippen LogP contribution in [0.1, 0.15) is 39.0 Å². The topological polar surface area (TPSA) is 38.3 Å². The van der Waals surface area contributed by atoms with Gasteiger partial charge in [-0.15, -0.1) is 11.6 Å². The Labute approximate surface area is 132 Å². The number of rotatable bonds is 6. The lowest BCUT2D eigenvalue weighted by atomic mass is 9.77. The van der Waals surface area contributed by atoms with Crippen molar-refractivity contribution in [3.8, 4) is 5.75 Å². The summed E-state index contributed by atoms with van der Waals surface area (Å²) in [4.78, 5) is 12.1. The molecule has 0 saturated heterocycles. The Morgan fingerprint density at radius 2 is 2.19 bits per heavy atom. The first kappa shape index (κ1) is 16.2.